The van der Waals surface area contributed by atoms with Crippen molar-refractivity contribution < 1.29 is 31.2 Å². The number of anilines is 1. The topological polar surface area (TPSA) is 112 Å². The van der Waals surface area contributed by atoms with Gasteiger partial charge in [0, 0.05) is 24.2 Å². The number of hydrogen-bond donors (Lipinski definition) is 1. The van der Waals surface area contributed by atoms with Gasteiger partial charge in [0.25, 0.3) is 5.89 Å². The number of imidazole rings is 1. The van der Waals surface area contributed by atoms with Crippen LogP contribution in [0.3, 0.4) is 0 Å². The fourth-order valence-electron chi connectivity index (χ4n) is 2.67. The molecule has 0 aliphatic heterocycles. The monoisotopic (exact) mass is 465 g/mol. The summed E-state index contributed by atoms with van der Waals surface area (Å²) in [6.45, 7) is 0.326. The summed E-state index contributed by atoms with van der Waals surface area (Å²) in [5.41, 5.74) is 2.03. The molecule has 4 aromatic heterocycles. The second-order valence-electron chi connectivity index (χ2n) is 6.60. The number of rotatable bonds is 6. The van der Waals surface area contributed by atoms with Gasteiger partial charge in [0.2, 0.25) is 5.89 Å². The van der Waals surface area contributed by atoms with Gasteiger partial charge in [-0.15, -0.1) is 10.2 Å². The minimum Gasteiger partial charge on any atom is -0.415 e. The number of aromatic nitrogens is 6. The number of halogens is 5. The highest BCUT2D eigenvalue weighted by Crippen LogP contribution is 2.23. The Kier molecular flexibility index (Phi) is 5.81. The summed E-state index contributed by atoms with van der Waals surface area (Å²) < 4.78 is 68.6. The third kappa shape index (κ3) is 5.16. The highest BCUT2D eigenvalue weighted by molar-refractivity contribution is 5.94. The molecule has 0 saturated carbocycles. The standard InChI is InChI=1S/C19H12F5N7O2/c20-15(21)17-30-29-16(33-17)11-1-3-12(25-6-11)7-31-8-13(27-9-31)10-2-4-14(26-5-10)28-18(32)19(22,23)24/h1-6,8-9,15H,7H2,(H,26,28,32). The highest BCUT2D eigenvalue weighted by Gasteiger charge is 2.38. The molecule has 0 aliphatic carbocycles. The van der Waals surface area contributed by atoms with E-state index in [1.807, 2.05) is 0 Å². The quantitative estimate of drug-likeness (QED) is 0.430. The van der Waals surface area contributed by atoms with Gasteiger partial charge in [-0.1, -0.05) is 0 Å². The normalized spacial score (nSPS) is 11.7. The number of carbonyl (C=O) groups is 1. The zero-order valence-corrected chi connectivity index (χ0v) is 16.3. The molecule has 1 N–H and O–H groups in total. The number of pyridine rings is 2. The Bertz CT molecular complexity index is 1250. The third-order valence-electron chi connectivity index (χ3n) is 4.24. The molecular formula is C19H12F5N7O2. The van der Waals surface area contributed by atoms with Gasteiger partial charge in [0.15, 0.2) is 0 Å². The molecule has 0 bridgehead atoms. The molecule has 4 aromatic rings. The zero-order chi connectivity index (χ0) is 23.6. The van der Waals surface area contributed by atoms with Crippen molar-refractivity contribution >= 4 is 11.7 Å². The number of carbonyl (C=O) groups excluding carboxylic acids is 1. The van der Waals surface area contributed by atoms with Crippen molar-refractivity contribution in [1.82, 2.24) is 29.7 Å². The molecule has 0 radical (unpaired) electrons. The lowest BCUT2D eigenvalue weighted by Crippen LogP contribution is -2.30. The molecule has 4 rings (SSSR count). The van der Waals surface area contributed by atoms with E-state index in [0.29, 0.717) is 29.1 Å². The number of nitrogens with one attached hydrogen (secondary N) is 1. The molecule has 170 valence electrons. The number of hydrogen-bond acceptors (Lipinski definition) is 7. The molecule has 0 aromatic carbocycles. The van der Waals surface area contributed by atoms with Gasteiger partial charge >= 0.3 is 18.5 Å². The van der Waals surface area contributed by atoms with E-state index in [4.69, 9.17) is 4.42 Å². The van der Waals surface area contributed by atoms with E-state index in [0.717, 1.165) is 0 Å². The summed E-state index contributed by atoms with van der Waals surface area (Å²) in [5, 5.41) is 8.48. The molecule has 33 heavy (non-hydrogen) atoms. The Labute approximate surface area is 181 Å². The van der Waals surface area contributed by atoms with Crippen molar-refractivity contribution in [3.63, 3.8) is 0 Å². The predicted octanol–water partition coefficient (Wildman–Crippen LogP) is 3.88. The van der Waals surface area contributed by atoms with Crippen molar-refractivity contribution in [2.45, 2.75) is 19.1 Å². The van der Waals surface area contributed by atoms with E-state index in [-0.39, 0.29) is 11.7 Å². The van der Waals surface area contributed by atoms with E-state index < -0.39 is 24.4 Å². The van der Waals surface area contributed by atoms with Gasteiger partial charge in [-0.25, -0.2) is 9.97 Å². The second-order valence-corrected chi connectivity index (χ2v) is 6.60. The van der Waals surface area contributed by atoms with E-state index in [2.05, 4.69) is 25.1 Å². The van der Waals surface area contributed by atoms with Crippen LogP contribution in [0.15, 0.2) is 53.6 Å². The highest BCUT2D eigenvalue weighted by atomic mass is 19.4. The van der Waals surface area contributed by atoms with Crippen molar-refractivity contribution in [2.75, 3.05) is 5.32 Å². The molecule has 0 spiro atoms. The third-order valence-corrected chi connectivity index (χ3v) is 4.24. The Hall–Kier alpha value is -4.23. The Morgan fingerprint density at radius 2 is 1.79 bits per heavy atom. The molecular weight excluding hydrogens is 453 g/mol. The summed E-state index contributed by atoms with van der Waals surface area (Å²) >= 11 is 0. The van der Waals surface area contributed by atoms with Crippen LogP contribution in [0.5, 0.6) is 0 Å². The van der Waals surface area contributed by atoms with Crippen LogP contribution in [0.2, 0.25) is 0 Å². The van der Waals surface area contributed by atoms with E-state index >= 15 is 0 Å². The summed E-state index contributed by atoms with van der Waals surface area (Å²) in [5.74, 6) is -3.20. The van der Waals surface area contributed by atoms with E-state index in [9.17, 15) is 26.7 Å². The lowest BCUT2D eigenvalue weighted by Gasteiger charge is -2.07. The van der Waals surface area contributed by atoms with Gasteiger partial charge in [0.1, 0.15) is 5.82 Å². The van der Waals surface area contributed by atoms with Crippen LogP contribution in [0, 0.1) is 0 Å². The van der Waals surface area contributed by atoms with Crippen LogP contribution in [-0.2, 0) is 11.3 Å². The first-order valence-electron chi connectivity index (χ1n) is 9.12. The van der Waals surface area contributed by atoms with Gasteiger partial charge in [0.05, 0.1) is 29.8 Å². The van der Waals surface area contributed by atoms with Crippen LogP contribution in [0.4, 0.5) is 27.8 Å². The molecule has 0 saturated heterocycles. The van der Waals surface area contributed by atoms with Crippen molar-refractivity contribution in [3.8, 4) is 22.7 Å². The molecule has 0 unspecified atom stereocenters. The van der Waals surface area contributed by atoms with Crippen LogP contribution in [0.1, 0.15) is 18.0 Å². The molecule has 9 nitrogen and oxygen atoms in total. The number of alkyl halides is 5. The molecule has 0 atom stereocenters. The fourth-order valence-corrected chi connectivity index (χ4v) is 2.67. The summed E-state index contributed by atoms with van der Waals surface area (Å²) in [7, 11) is 0. The first-order chi connectivity index (χ1) is 15.7. The summed E-state index contributed by atoms with van der Waals surface area (Å²) in [4.78, 5) is 23.2. The Morgan fingerprint density at radius 3 is 2.39 bits per heavy atom. The average Bonchev–Trinajstić information content (AvgIpc) is 3.44. The Balaban J connectivity index is 1.41. The van der Waals surface area contributed by atoms with Gasteiger partial charge in [-0.3, -0.25) is 9.78 Å². The average molecular weight is 465 g/mol. The fraction of sp³-hybridized carbons (Fsp3) is 0.158. The van der Waals surface area contributed by atoms with Crippen molar-refractivity contribution in [3.05, 3.63) is 60.8 Å². The minimum absolute atomic E-state index is 0.0726. The molecule has 0 aliphatic rings. The maximum Gasteiger partial charge on any atom is 0.471 e. The first kappa shape index (κ1) is 22.0. The SMILES string of the molecule is O=C(Nc1ccc(-c2cn(Cc3ccc(-c4nnc(C(F)F)o4)cn3)cn2)cn1)C(F)(F)F. The van der Waals surface area contributed by atoms with Gasteiger partial charge in [-0.2, -0.15) is 22.0 Å². The maximum atomic E-state index is 12.6. The molecule has 0 fully saturated rings. The second kappa shape index (κ2) is 8.72. The largest absolute Gasteiger partial charge is 0.471 e. The molecule has 14 heteroatoms. The summed E-state index contributed by atoms with van der Waals surface area (Å²) in [6.07, 6.45) is -1.98. The van der Waals surface area contributed by atoms with Gasteiger partial charge < -0.3 is 14.3 Å². The smallest absolute Gasteiger partial charge is 0.415 e. The van der Waals surface area contributed by atoms with Crippen LogP contribution < -0.4 is 5.32 Å². The van der Waals surface area contributed by atoms with Crippen molar-refractivity contribution in [2.24, 2.45) is 0 Å². The Morgan fingerprint density at radius 1 is 1.03 bits per heavy atom. The maximum absolute atomic E-state index is 12.6. The molecule has 1 amide bonds. The van der Waals surface area contributed by atoms with Crippen LogP contribution in [0.25, 0.3) is 22.7 Å². The number of nitrogens with zero attached hydrogens (tertiary/aromatic N) is 6. The van der Waals surface area contributed by atoms with Crippen LogP contribution >= 0.6 is 0 Å². The first-order valence-corrected chi connectivity index (χ1v) is 9.12. The predicted molar refractivity (Wildman–Crippen MR) is 102 cm³/mol. The van der Waals surface area contributed by atoms with Crippen LogP contribution in [-0.4, -0.2) is 41.8 Å². The minimum atomic E-state index is -5.01. The lowest BCUT2D eigenvalue weighted by atomic mass is 10.2. The molecule has 4 heterocycles. The lowest BCUT2D eigenvalue weighted by molar-refractivity contribution is -0.167. The number of amides is 1. The van der Waals surface area contributed by atoms with Crippen molar-refractivity contribution in [1.29, 1.82) is 0 Å². The van der Waals surface area contributed by atoms with E-state index in [1.165, 1.54) is 30.9 Å². The van der Waals surface area contributed by atoms with Gasteiger partial charge in [-0.05, 0) is 24.3 Å². The van der Waals surface area contributed by atoms with E-state index in [1.54, 1.807) is 28.2 Å². The summed E-state index contributed by atoms with van der Waals surface area (Å²) in [6, 6.07) is 5.95. The zero-order valence-electron chi connectivity index (χ0n) is 16.3.